The van der Waals surface area contributed by atoms with Crippen LogP contribution in [0.15, 0.2) is 12.1 Å². The highest BCUT2D eigenvalue weighted by molar-refractivity contribution is 5.51. The van der Waals surface area contributed by atoms with Crippen LogP contribution in [0.25, 0.3) is 0 Å². The van der Waals surface area contributed by atoms with Crippen molar-refractivity contribution in [2.75, 3.05) is 46.9 Å². The number of rotatable bonds is 10. The average Bonchev–Trinajstić information content (AvgIpc) is 2.95. The smallest absolute Gasteiger partial charge is 0.231 e. The SMILES string of the molecule is CCNCc1cc2c(cc1OCCOCCOC)OCO2. The molecule has 0 fully saturated rings. The van der Waals surface area contributed by atoms with E-state index < -0.39 is 0 Å². The van der Waals surface area contributed by atoms with Crippen molar-refractivity contribution in [3.8, 4) is 17.2 Å². The van der Waals surface area contributed by atoms with Gasteiger partial charge < -0.3 is 29.0 Å². The van der Waals surface area contributed by atoms with E-state index >= 15 is 0 Å². The van der Waals surface area contributed by atoms with E-state index in [2.05, 4.69) is 12.2 Å². The molecule has 1 N–H and O–H groups in total. The summed E-state index contributed by atoms with van der Waals surface area (Å²) in [6.07, 6.45) is 0. The summed E-state index contributed by atoms with van der Waals surface area (Å²) >= 11 is 0. The minimum absolute atomic E-state index is 0.263. The Kier molecular flexibility index (Phi) is 6.59. The van der Waals surface area contributed by atoms with E-state index in [1.54, 1.807) is 7.11 Å². The first kappa shape index (κ1) is 15.9. The zero-order valence-electron chi connectivity index (χ0n) is 12.6. The fourth-order valence-corrected chi connectivity index (χ4v) is 1.95. The monoisotopic (exact) mass is 297 g/mol. The van der Waals surface area contributed by atoms with Crippen LogP contribution in [-0.4, -0.2) is 46.9 Å². The number of benzene rings is 1. The maximum atomic E-state index is 5.80. The molecule has 1 aromatic rings. The van der Waals surface area contributed by atoms with E-state index in [1.807, 2.05) is 12.1 Å². The fourth-order valence-electron chi connectivity index (χ4n) is 1.95. The lowest BCUT2D eigenvalue weighted by Gasteiger charge is -2.13. The van der Waals surface area contributed by atoms with Crippen molar-refractivity contribution in [2.45, 2.75) is 13.5 Å². The maximum Gasteiger partial charge on any atom is 0.231 e. The third-order valence-electron chi connectivity index (χ3n) is 3.04. The number of ether oxygens (including phenoxy) is 5. The predicted molar refractivity (Wildman–Crippen MR) is 78.1 cm³/mol. The average molecular weight is 297 g/mol. The molecule has 0 aromatic heterocycles. The molecular weight excluding hydrogens is 274 g/mol. The van der Waals surface area contributed by atoms with Gasteiger partial charge in [-0.05, 0) is 12.6 Å². The first-order chi connectivity index (χ1) is 10.3. The summed E-state index contributed by atoms with van der Waals surface area (Å²) in [5.41, 5.74) is 1.05. The second-order valence-electron chi connectivity index (χ2n) is 4.55. The molecule has 0 spiro atoms. The van der Waals surface area contributed by atoms with Crippen molar-refractivity contribution in [3.63, 3.8) is 0 Å². The van der Waals surface area contributed by atoms with Crippen LogP contribution < -0.4 is 19.5 Å². The zero-order valence-corrected chi connectivity index (χ0v) is 12.6. The predicted octanol–water partition coefficient (Wildman–Crippen LogP) is 1.57. The zero-order chi connectivity index (χ0) is 14.9. The van der Waals surface area contributed by atoms with Gasteiger partial charge in [0.25, 0.3) is 0 Å². The molecule has 1 aliphatic rings. The summed E-state index contributed by atoms with van der Waals surface area (Å²) in [7, 11) is 1.65. The number of hydrogen-bond acceptors (Lipinski definition) is 6. The van der Waals surface area contributed by atoms with Crippen LogP contribution >= 0.6 is 0 Å². The lowest BCUT2D eigenvalue weighted by atomic mass is 10.1. The van der Waals surface area contributed by atoms with Gasteiger partial charge in [-0.25, -0.2) is 0 Å². The Bertz CT molecular complexity index is 438. The Balaban J connectivity index is 1.90. The number of nitrogens with one attached hydrogen (secondary N) is 1. The molecule has 0 unspecified atom stereocenters. The van der Waals surface area contributed by atoms with Crippen LogP contribution in [0.2, 0.25) is 0 Å². The van der Waals surface area contributed by atoms with Crippen LogP contribution in [0.5, 0.6) is 17.2 Å². The molecule has 0 amide bonds. The van der Waals surface area contributed by atoms with Gasteiger partial charge in [-0.1, -0.05) is 6.92 Å². The van der Waals surface area contributed by atoms with E-state index in [-0.39, 0.29) is 6.79 Å². The number of fused-ring (bicyclic) bond motifs is 1. The van der Waals surface area contributed by atoms with Crippen LogP contribution in [-0.2, 0) is 16.0 Å². The van der Waals surface area contributed by atoms with Crippen molar-refractivity contribution in [1.82, 2.24) is 5.32 Å². The van der Waals surface area contributed by atoms with Gasteiger partial charge in [0.05, 0.1) is 19.8 Å². The number of hydrogen-bond donors (Lipinski definition) is 1. The Morgan fingerprint density at radius 1 is 1.10 bits per heavy atom. The first-order valence-corrected chi connectivity index (χ1v) is 7.18. The summed E-state index contributed by atoms with van der Waals surface area (Å²) in [5.74, 6) is 2.30. The highest BCUT2D eigenvalue weighted by Crippen LogP contribution is 2.38. The van der Waals surface area contributed by atoms with Crippen LogP contribution in [0, 0.1) is 0 Å². The van der Waals surface area contributed by atoms with Gasteiger partial charge in [0.2, 0.25) is 6.79 Å². The summed E-state index contributed by atoms with van der Waals surface area (Å²) in [5, 5.41) is 3.29. The van der Waals surface area contributed by atoms with Gasteiger partial charge >= 0.3 is 0 Å². The second kappa shape index (κ2) is 8.71. The third kappa shape index (κ3) is 4.77. The first-order valence-electron chi connectivity index (χ1n) is 7.18. The van der Waals surface area contributed by atoms with Gasteiger partial charge in [0.1, 0.15) is 12.4 Å². The van der Waals surface area contributed by atoms with Crippen molar-refractivity contribution in [3.05, 3.63) is 17.7 Å². The van der Waals surface area contributed by atoms with Crippen LogP contribution in [0.1, 0.15) is 12.5 Å². The summed E-state index contributed by atoms with van der Waals surface area (Å²) in [4.78, 5) is 0. The lowest BCUT2D eigenvalue weighted by molar-refractivity contribution is 0.0542. The molecule has 6 nitrogen and oxygen atoms in total. The van der Waals surface area contributed by atoms with Gasteiger partial charge in [0, 0.05) is 25.3 Å². The fraction of sp³-hybridized carbons (Fsp3) is 0.600. The number of methoxy groups -OCH3 is 1. The molecule has 0 atom stereocenters. The van der Waals surface area contributed by atoms with Crippen molar-refractivity contribution >= 4 is 0 Å². The van der Waals surface area contributed by atoms with Crippen LogP contribution in [0.4, 0.5) is 0 Å². The molecule has 2 rings (SSSR count). The van der Waals surface area contributed by atoms with Crippen molar-refractivity contribution < 1.29 is 23.7 Å². The molecular formula is C15H23NO5. The summed E-state index contributed by atoms with van der Waals surface area (Å²) < 4.78 is 26.9. The Labute approximate surface area is 125 Å². The summed E-state index contributed by atoms with van der Waals surface area (Å²) in [6.45, 7) is 6.14. The second-order valence-corrected chi connectivity index (χ2v) is 4.55. The molecule has 1 heterocycles. The van der Waals surface area contributed by atoms with Gasteiger partial charge in [-0.15, -0.1) is 0 Å². The van der Waals surface area contributed by atoms with Crippen molar-refractivity contribution in [1.29, 1.82) is 0 Å². The van der Waals surface area contributed by atoms with E-state index in [4.69, 9.17) is 23.7 Å². The highest BCUT2D eigenvalue weighted by Gasteiger charge is 2.17. The molecule has 1 aliphatic heterocycles. The molecule has 6 heteroatoms. The summed E-state index contributed by atoms with van der Waals surface area (Å²) in [6, 6.07) is 3.84. The van der Waals surface area contributed by atoms with Gasteiger partial charge in [-0.3, -0.25) is 0 Å². The normalized spacial score (nSPS) is 12.7. The van der Waals surface area contributed by atoms with E-state index in [1.165, 1.54) is 0 Å². The Hall–Kier alpha value is -1.50. The third-order valence-corrected chi connectivity index (χ3v) is 3.04. The minimum Gasteiger partial charge on any atom is -0.491 e. The van der Waals surface area contributed by atoms with E-state index in [0.717, 1.165) is 35.9 Å². The molecule has 0 saturated heterocycles. The van der Waals surface area contributed by atoms with Gasteiger partial charge in [0.15, 0.2) is 11.5 Å². The lowest BCUT2D eigenvalue weighted by Crippen LogP contribution is -2.14. The Morgan fingerprint density at radius 2 is 1.86 bits per heavy atom. The topological polar surface area (TPSA) is 58.2 Å². The Morgan fingerprint density at radius 3 is 2.62 bits per heavy atom. The van der Waals surface area contributed by atoms with E-state index in [9.17, 15) is 0 Å². The van der Waals surface area contributed by atoms with Crippen LogP contribution in [0.3, 0.4) is 0 Å². The highest BCUT2D eigenvalue weighted by atomic mass is 16.7. The van der Waals surface area contributed by atoms with Crippen molar-refractivity contribution in [2.24, 2.45) is 0 Å². The molecule has 0 bridgehead atoms. The molecule has 118 valence electrons. The molecule has 21 heavy (non-hydrogen) atoms. The molecule has 0 saturated carbocycles. The quantitative estimate of drug-likeness (QED) is 0.662. The maximum absolute atomic E-state index is 5.80. The molecule has 1 aromatic carbocycles. The molecule has 0 radical (unpaired) electrons. The largest absolute Gasteiger partial charge is 0.491 e. The standard InChI is InChI=1S/C15H23NO5/c1-3-16-10-12-8-14-15(21-11-20-14)9-13(12)19-7-6-18-5-4-17-2/h8-9,16H,3-7,10-11H2,1-2H3. The van der Waals surface area contributed by atoms with E-state index in [0.29, 0.717) is 26.4 Å². The minimum atomic E-state index is 0.263. The van der Waals surface area contributed by atoms with Gasteiger partial charge in [-0.2, -0.15) is 0 Å². The molecule has 0 aliphatic carbocycles.